The van der Waals surface area contributed by atoms with Crippen molar-refractivity contribution in [1.82, 2.24) is 10.3 Å². The van der Waals surface area contributed by atoms with Gasteiger partial charge in [-0.3, -0.25) is 0 Å². The summed E-state index contributed by atoms with van der Waals surface area (Å²) in [4.78, 5) is 13.0. The zero-order valence-electron chi connectivity index (χ0n) is 16.5. The van der Waals surface area contributed by atoms with Crippen molar-refractivity contribution in [2.45, 2.75) is 38.2 Å². The molecule has 1 aliphatic rings. The highest BCUT2D eigenvalue weighted by Crippen LogP contribution is 2.45. The second-order valence-electron chi connectivity index (χ2n) is 7.45. The maximum Gasteiger partial charge on any atom is 0.312 e. The predicted octanol–water partition coefficient (Wildman–Crippen LogP) is 4.56. The van der Waals surface area contributed by atoms with E-state index in [9.17, 15) is 18.0 Å². The number of carbonyl (C=O) groups excluding carboxylic acids is 1. The normalized spacial score (nSPS) is 14.6. The summed E-state index contributed by atoms with van der Waals surface area (Å²) in [7, 11) is 0. The molecule has 1 aliphatic carbocycles. The van der Waals surface area contributed by atoms with E-state index in [0.717, 1.165) is 42.1 Å². The lowest BCUT2D eigenvalue weighted by Gasteiger charge is -2.26. The minimum absolute atomic E-state index is 0.218. The second kappa shape index (κ2) is 9.21. The summed E-state index contributed by atoms with van der Waals surface area (Å²) >= 11 is 0. The van der Waals surface area contributed by atoms with E-state index in [-0.39, 0.29) is 12.4 Å². The third-order valence-corrected chi connectivity index (χ3v) is 5.08. The number of hydrogen-bond donors (Lipinski definition) is 4. The van der Waals surface area contributed by atoms with Gasteiger partial charge < -0.3 is 21.1 Å². The number of rotatable bonds is 4. The molecule has 5 N–H and O–H groups in total. The van der Waals surface area contributed by atoms with Gasteiger partial charge in [0.15, 0.2) is 0 Å². The fourth-order valence-electron chi connectivity index (χ4n) is 3.45. The minimum Gasteiger partial charge on any atom is -0.392 e. The van der Waals surface area contributed by atoms with Crippen LogP contribution >= 0.6 is 0 Å². The number of nitrogens with two attached hydrogens (primary N) is 1. The molecule has 0 spiro atoms. The van der Waals surface area contributed by atoms with Crippen LogP contribution in [0.2, 0.25) is 0 Å². The molecule has 8 heteroatoms. The fraction of sp³-hybridized carbons (Fsp3) is 0.318. The van der Waals surface area contributed by atoms with Crippen LogP contribution in [0.25, 0.3) is 22.2 Å². The molecule has 30 heavy (non-hydrogen) atoms. The standard InChI is InChI=1S/C18H14F3N.C4H10N2O2/c19-12-6-4-11(5-7-12)17-16(10-2-1-3-10)14-8-13(20)9-15(21)18(14)22-17;1-3(7)2-6-4(5)8/h4-10,22H,1-3H2;3,7H,2H2,1H3,(H3,5,6,8). The van der Waals surface area contributed by atoms with Crippen LogP contribution in [0.4, 0.5) is 18.0 Å². The lowest BCUT2D eigenvalue weighted by molar-refractivity contribution is 0.189. The molecule has 3 aromatic rings. The average Bonchev–Trinajstić information content (AvgIpc) is 2.99. The van der Waals surface area contributed by atoms with Gasteiger partial charge in [-0.2, -0.15) is 0 Å². The van der Waals surface area contributed by atoms with E-state index in [1.807, 2.05) is 0 Å². The molecule has 0 radical (unpaired) electrons. The van der Waals surface area contributed by atoms with E-state index in [1.54, 1.807) is 19.1 Å². The number of amides is 2. The fourth-order valence-corrected chi connectivity index (χ4v) is 3.45. The van der Waals surface area contributed by atoms with Crippen molar-refractivity contribution >= 4 is 16.9 Å². The first-order chi connectivity index (χ1) is 14.3. The summed E-state index contributed by atoms with van der Waals surface area (Å²) in [5.74, 6) is -1.18. The van der Waals surface area contributed by atoms with E-state index in [4.69, 9.17) is 5.11 Å². The van der Waals surface area contributed by atoms with Crippen molar-refractivity contribution in [3.8, 4) is 11.3 Å². The van der Waals surface area contributed by atoms with Gasteiger partial charge in [0.1, 0.15) is 17.5 Å². The molecule has 1 unspecified atom stereocenters. The highest BCUT2D eigenvalue weighted by atomic mass is 19.1. The molecular weight excluding hydrogens is 395 g/mol. The summed E-state index contributed by atoms with van der Waals surface area (Å²) in [6.45, 7) is 1.78. The number of benzene rings is 2. The Morgan fingerprint density at radius 1 is 1.20 bits per heavy atom. The monoisotopic (exact) mass is 419 g/mol. The molecule has 4 rings (SSSR count). The first kappa shape index (κ1) is 21.7. The summed E-state index contributed by atoms with van der Waals surface area (Å²) < 4.78 is 40.8. The van der Waals surface area contributed by atoms with E-state index < -0.39 is 23.8 Å². The zero-order chi connectivity index (χ0) is 21.8. The molecule has 2 amide bonds. The Balaban J connectivity index is 0.000000275. The van der Waals surface area contributed by atoms with Gasteiger partial charge in [-0.05, 0) is 67.1 Å². The first-order valence-electron chi connectivity index (χ1n) is 9.74. The van der Waals surface area contributed by atoms with Gasteiger partial charge in [0.05, 0.1) is 17.3 Å². The summed E-state index contributed by atoms with van der Waals surface area (Å²) in [6, 6.07) is 7.75. The molecule has 1 saturated carbocycles. The van der Waals surface area contributed by atoms with Gasteiger partial charge in [-0.1, -0.05) is 6.42 Å². The van der Waals surface area contributed by atoms with Crippen molar-refractivity contribution in [2.75, 3.05) is 6.54 Å². The number of fused-ring (bicyclic) bond motifs is 1. The topological polar surface area (TPSA) is 91.1 Å². The van der Waals surface area contributed by atoms with Gasteiger partial charge in [0.25, 0.3) is 0 Å². The number of aromatic amines is 1. The van der Waals surface area contributed by atoms with Crippen LogP contribution in [0, 0.1) is 17.5 Å². The summed E-state index contributed by atoms with van der Waals surface area (Å²) in [5, 5.41) is 11.4. The van der Waals surface area contributed by atoms with Crippen LogP contribution < -0.4 is 11.1 Å². The Kier molecular flexibility index (Phi) is 6.66. The minimum atomic E-state index is -0.606. The van der Waals surface area contributed by atoms with Gasteiger partial charge in [-0.25, -0.2) is 18.0 Å². The van der Waals surface area contributed by atoms with Crippen LogP contribution in [-0.2, 0) is 0 Å². The van der Waals surface area contributed by atoms with Crippen LogP contribution in [0.1, 0.15) is 37.7 Å². The molecule has 160 valence electrons. The average molecular weight is 419 g/mol. The lowest BCUT2D eigenvalue weighted by Crippen LogP contribution is -2.34. The number of hydrogen-bond acceptors (Lipinski definition) is 2. The summed E-state index contributed by atoms with van der Waals surface area (Å²) in [5.41, 5.74) is 7.51. The van der Waals surface area contributed by atoms with Gasteiger partial charge in [-0.15, -0.1) is 0 Å². The molecule has 1 aromatic heterocycles. The molecule has 0 bridgehead atoms. The van der Waals surface area contributed by atoms with Crippen molar-refractivity contribution in [3.63, 3.8) is 0 Å². The first-order valence-corrected chi connectivity index (χ1v) is 9.74. The molecule has 2 aromatic carbocycles. The molecule has 5 nitrogen and oxygen atoms in total. The van der Waals surface area contributed by atoms with Crippen LogP contribution in [-0.4, -0.2) is 28.8 Å². The lowest BCUT2D eigenvalue weighted by atomic mass is 9.78. The zero-order valence-corrected chi connectivity index (χ0v) is 16.5. The smallest absolute Gasteiger partial charge is 0.312 e. The number of aliphatic hydroxyl groups is 1. The maximum atomic E-state index is 14.1. The highest BCUT2D eigenvalue weighted by Gasteiger charge is 2.27. The van der Waals surface area contributed by atoms with E-state index in [1.165, 1.54) is 18.2 Å². The van der Waals surface area contributed by atoms with E-state index >= 15 is 0 Å². The highest BCUT2D eigenvalue weighted by molar-refractivity contribution is 5.92. The molecule has 1 fully saturated rings. The number of carbonyl (C=O) groups is 1. The Morgan fingerprint density at radius 3 is 2.37 bits per heavy atom. The number of primary amides is 1. The summed E-state index contributed by atoms with van der Waals surface area (Å²) in [6.07, 6.45) is 2.62. The predicted molar refractivity (Wildman–Crippen MR) is 109 cm³/mol. The van der Waals surface area contributed by atoms with Crippen molar-refractivity contribution in [2.24, 2.45) is 5.73 Å². The van der Waals surface area contributed by atoms with Crippen molar-refractivity contribution in [3.05, 3.63) is 59.4 Å². The van der Waals surface area contributed by atoms with Crippen molar-refractivity contribution in [1.29, 1.82) is 0 Å². The van der Waals surface area contributed by atoms with Gasteiger partial charge >= 0.3 is 6.03 Å². The third kappa shape index (κ3) is 4.94. The number of aromatic nitrogens is 1. The van der Waals surface area contributed by atoms with Gasteiger partial charge in [0.2, 0.25) is 0 Å². The largest absolute Gasteiger partial charge is 0.392 e. The molecule has 0 saturated heterocycles. The third-order valence-electron chi connectivity index (χ3n) is 5.08. The Morgan fingerprint density at radius 2 is 1.87 bits per heavy atom. The molecule has 1 heterocycles. The Labute approximate surface area is 172 Å². The second-order valence-corrected chi connectivity index (χ2v) is 7.45. The quantitative estimate of drug-likeness (QED) is 0.499. The molecule has 1 atom stereocenters. The molecule has 0 aliphatic heterocycles. The Hall–Kier alpha value is -3.00. The number of aliphatic hydroxyl groups excluding tert-OH is 1. The number of urea groups is 1. The number of halogens is 3. The van der Waals surface area contributed by atoms with Crippen LogP contribution in [0.5, 0.6) is 0 Å². The van der Waals surface area contributed by atoms with Crippen LogP contribution in [0.3, 0.4) is 0 Å². The van der Waals surface area contributed by atoms with Crippen molar-refractivity contribution < 1.29 is 23.1 Å². The Bertz CT molecular complexity index is 1030. The van der Waals surface area contributed by atoms with Gasteiger partial charge in [0, 0.05) is 18.0 Å². The number of H-pyrrole nitrogens is 1. The van der Waals surface area contributed by atoms with E-state index in [2.05, 4.69) is 16.0 Å². The maximum absolute atomic E-state index is 14.1. The van der Waals surface area contributed by atoms with Crippen LogP contribution in [0.15, 0.2) is 36.4 Å². The SMILES string of the molecule is CC(O)CNC(N)=O.Fc1ccc(-c2[nH]c3c(F)cc(F)cc3c2C2CCC2)cc1. The van der Waals surface area contributed by atoms with E-state index in [0.29, 0.717) is 16.8 Å². The molecular formula is C22H24F3N3O2. The number of nitrogens with one attached hydrogen (secondary N) is 2.